The van der Waals surface area contributed by atoms with E-state index in [0.29, 0.717) is 30.7 Å². The van der Waals surface area contributed by atoms with Crippen molar-refractivity contribution in [1.29, 1.82) is 0 Å². The second-order valence-electron chi connectivity index (χ2n) is 33.6. The van der Waals surface area contributed by atoms with E-state index in [4.69, 9.17) is 24.7 Å². The van der Waals surface area contributed by atoms with Gasteiger partial charge in [0.1, 0.15) is 56.7 Å². The Balaban J connectivity index is 0.0000000996. The Labute approximate surface area is 757 Å². The van der Waals surface area contributed by atoms with Crippen LogP contribution in [0.4, 0.5) is 86.6 Å². The van der Waals surface area contributed by atoms with Gasteiger partial charge in [-0.25, -0.2) is 24.6 Å². The number of methoxy groups -OCH3 is 1. The Morgan fingerprint density at radius 1 is 0.333 bits per heavy atom. The summed E-state index contributed by atoms with van der Waals surface area (Å²) in [5, 5.41) is 73.1. The van der Waals surface area contributed by atoms with E-state index in [2.05, 4.69) is 263 Å². The van der Waals surface area contributed by atoms with Gasteiger partial charge in [-0.15, -0.1) is 0 Å². The van der Waals surface area contributed by atoms with Gasteiger partial charge < -0.3 is 51.3 Å². The van der Waals surface area contributed by atoms with Crippen LogP contribution in [0.15, 0.2) is 231 Å². The molecule has 21 aromatic rings. The molecule has 16 aromatic heterocycles. The molecule has 0 unspecified atom stereocenters. The molecule has 32 heteroatoms. The first-order chi connectivity index (χ1) is 64.9. The number of pyridine rings is 10. The third-order valence-electron chi connectivity index (χ3n) is 24.1. The van der Waals surface area contributed by atoms with E-state index in [1.807, 2.05) is 103 Å². The van der Waals surface area contributed by atoms with Gasteiger partial charge in [0.25, 0.3) is 0 Å². The zero-order valence-corrected chi connectivity index (χ0v) is 73.7. The van der Waals surface area contributed by atoms with E-state index in [0.717, 1.165) is 220 Å². The molecule has 2 saturated heterocycles. The van der Waals surface area contributed by atoms with E-state index in [1.165, 1.54) is 83.0 Å². The molecule has 4 aliphatic rings. The summed E-state index contributed by atoms with van der Waals surface area (Å²) in [6.07, 6.45) is 22.5. The molecule has 32 nitrogen and oxygen atoms in total. The van der Waals surface area contributed by atoms with Crippen LogP contribution in [0.5, 0.6) is 0 Å². The van der Waals surface area contributed by atoms with Gasteiger partial charge in [0.15, 0.2) is 29.1 Å². The van der Waals surface area contributed by atoms with E-state index in [1.54, 1.807) is 38.1 Å². The number of ether oxygens (including phenoxy) is 1. The van der Waals surface area contributed by atoms with Crippen LogP contribution in [-0.4, -0.2) is 164 Å². The van der Waals surface area contributed by atoms with Crippen LogP contribution < -0.4 is 46.6 Å². The van der Waals surface area contributed by atoms with Crippen LogP contribution in [0.25, 0.3) is 109 Å². The molecular formula is C100H97N31O. The molecular weight excluding hydrogens is 1650 g/mol. The first-order valence-corrected chi connectivity index (χ1v) is 44.8. The average molecular weight is 1750 g/mol. The normalized spacial score (nSPS) is 13.7. The number of aromatic amines is 5. The number of fused-ring (bicyclic) bond motifs is 11. The molecule has 0 atom stereocenters. The number of piperidine rings is 1. The van der Waals surface area contributed by atoms with E-state index < -0.39 is 0 Å². The van der Waals surface area contributed by atoms with Gasteiger partial charge in [-0.2, -0.15) is 30.6 Å². The monoisotopic (exact) mass is 1750 g/mol. The molecule has 25 rings (SSSR count). The van der Waals surface area contributed by atoms with Crippen molar-refractivity contribution in [3.8, 4) is 0 Å². The smallest absolute Gasteiger partial charge is 0.178 e. The first kappa shape index (κ1) is 82.6. The van der Waals surface area contributed by atoms with Crippen LogP contribution in [0.3, 0.4) is 0 Å². The maximum Gasteiger partial charge on any atom is 0.178 e. The Bertz CT molecular complexity index is 7770. The van der Waals surface area contributed by atoms with Crippen molar-refractivity contribution in [2.24, 2.45) is 0 Å². The molecule has 1 aliphatic carbocycles. The number of H-pyrrole nitrogens is 5. The van der Waals surface area contributed by atoms with E-state index in [-0.39, 0.29) is 0 Å². The van der Waals surface area contributed by atoms with Gasteiger partial charge in [0.05, 0.1) is 46.1 Å². The molecule has 0 bridgehead atoms. The summed E-state index contributed by atoms with van der Waals surface area (Å²) in [5.41, 5.74) is 19.1. The second kappa shape index (κ2) is 36.8. The number of hydrogen-bond acceptors (Lipinski definition) is 26. The molecule has 658 valence electrons. The topological polar surface area (TPSA) is 381 Å². The molecule has 3 fully saturated rings. The molecule has 19 heterocycles. The standard InChI is InChI=1S/C21H18N8.C21H22N6.C20H20N6.C19H20N6O.C19H17N5/c1-3-17-19(22-8-1)20(27-26-17)25-15-4-5-16-14(13-15)6-9-23-21(16)28-11-2-12-29-18(28)7-10-24-29;1-14-12-15-13-16(24-20-19-18(25-26-20)6-5-9-22-19)7-8-17(15)21(23-14)27-10-3-2-4-11-27;1-13-11-14-12-15(23-19-18-17(24-25-19)5-4-8-21-18)6-7-16(14)20(22-13)26-9-2-3-10-26;1-12-10-13-11-14(5-6-15(13)18(22-12)21-8-9-26-2)23-19-17-16(24-25-19)4-3-7-20-17;1-11-9-13-10-14(6-7-15(13)17(21-11)12-4-5-12)22-19-18-16(23-24-19)3-2-8-20-18/h1,3-10,13H,2,11-12H2,(H2,25,26,27);5-9,12-13H,2-4,10-11H2,1H3,(H2,24,25,26);4-8,11-12H,2-3,9-10H2,1H3,(H2,23,24,25);3-7,10-11H,8-9H2,1-2H3,(H,21,22)(H2,23,24,25);2-3,6-10,12H,4-5H2,1H3,(H2,22,23,24). The fraction of sp³-hybridized carbons (Fsp3) is 0.220. The maximum atomic E-state index is 5.10. The lowest BCUT2D eigenvalue weighted by molar-refractivity contribution is 0.210. The van der Waals surface area contributed by atoms with Crippen LogP contribution >= 0.6 is 0 Å². The van der Waals surface area contributed by atoms with Crippen molar-refractivity contribution < 1.29 is 4.74 Å². The second-order valence-corrected chi connectivity index (χ2v) is 33.6. The zero-order chi connectivity index (χ0) is 89.0. The lowest BCUT2D eigenvalue weighted by Gasteiger charge is -2.29. The van der Waals surface area contributed by atoms with Gasteiger partial charge in [-0.1, -0.05) is 6.07 Å². The lowest BCUT2D eigenvalue weighted by atomic mass is 10.1. The summed E-state index contributed by atoms with van der Waals surface area (Å²) in [4.78, 5) is 52.8. The summed E-state index contributed by atoms with van der Waals surface area (Å²) >= 11 is 0. The predicted octanol–water partition coefficient (Wildman–Crippen LogP) is 20.7. The molecule has 132 heavy (non-hydrogen) atoms. The van der Waals surface area contributed by atoms with Crippen molar-refractivity contribution in [3.63, 3.8) is 0 Å². The van der Waals surface area contributed by atoms with Crippen molar-refractivity contribution in [2.75, 3.05) is 99.6 Å². The Morgan fingerprint density at radius 3 is 1.14 bits per heavy atom. The molecule has 0 radical (unpaired) electrons. The Hall–Kier alpha value is -16.4. The van der Waals surface area contributed by atoms with Crippen LogP contribution in [0.1, 0.15) is 85.8 Å². The quantitative estimate of drug-likeness (QED) is 0.0355. The average Bonchev–Trinajstić information content (AvgIpc) is 1.51. The summed E-state index contributed by atoms with van der Waals surface area (Å²) in [5.74, 6) is 9.45. The molecule has 0 spiro atoms. The van der Waals surface area contributed by atoms with Crippen molar-refractivity contribution >= 4 is 196 Å². The van der Waals surface area contributed by atoms with Gasteiger partial charge in [0, 0.05) is 180 Å². The number of aryl methyl sites for hydroxylation is 5. The fourth-order valence-electron chi connectivity index (χ4n) is 17.7. The van der Waals surface area contributed by atoms with Gasteiger partial charge >= 0.3 is 0 Å². The summed E-state index contributed by atoms with van der Waals surface area (Å²) in [6, 6.07) is 63.6. The highest BCUT2D eigenvalue weighted by Crippen LogP contribution is 2.44. The number of benzene rings is 5. The van der Waals surface area contributed by atoms with Crippen molar-refractivity contribution in [2.45, 2.75) is 91.5 Å². The minimum Gasteiger partial charge on any atom is -0.383 e. The van der Waals surface area contributed by atoms with Crippen LogP contribution in [-0.2, 0) is 11.3 Å². The molecule has 1 saturated carbocycles. The van der Waals surface area contributed by atoms with Crippen molar-refractivity contribution in [1.82, 2.24) is 111 Å². The van der Waals surface area contributed by atoms with Gasteiger partial charge in [0.2, 0.25) is 0 Å². The summed E-state index contributed by atoms with van der Waals surface area (Å²) in [6.45, 7) is 15.8. The first-order valence-electron chi connectivity index (χ1n) is 44.8. The number of hydrogen-bond donors (Lipinski definition) is 11. The molecule has 11 N–H and O–H groups in total. The van der Waals surface area contributed by atoms with E-state index in [9.17, 15) is 0 Å². The van der Waals surface area contributed by atoms with Gasteiger partial charge in [-0.05, 0) is 282 Å². The maximum absolute atomic E-state index is 5.10. The number of rotatable bonds is 18. The van der Waals surface area contributed by atoms with Crippen LogP contribution in [0, 0.1) is 27.7 Å². The fourth-order valence-corrected chi connectivity index (χ4v) is 17.7. The highest BCUT2D eigenvalue weighted by atomic mass is 16.5. The van der Waals surface area contributed by atoms with Gasteiger partial charge in [-0.3, -0.25) is 55.4 Å². The number of aromatic nitrogens is 22. The number of nitrogens with one attached hydrogen (secondary N) is 11. The third kappa shape index (κ3) is 17.7. The van der Waals surface area contributed by atoms with E-state index >= 15 is 0 Å². The molecule has 0 amide bonds. The third-order valence-corrected chi connectivity index (χ3v) is 24.1. The highest BCUT2D eigenvalue weighted by Gasteiger charge is 2.28. The minimum absolute atomic E-state index is 0.635. The number of nitrogens with zero attached hydrogens (tertiary/aromatic N) is 20. The summed E-state index contributed by atoms with van der Waals surface area (Å²) < 4.78 is 7.14. The largest absolute Gasteiger partial charge is 0.383 e. The molecule has 5 aromatic carbocycles. The highest BCUT2D eigenvalue weighted by molar-refractivity contribution is 6.02. The summed E-state index contributed by atoms with van der Waals surface area (Å²) in [7, 11) is 1.69. The minimum atomic E-state index is 0.635. The predicted molar refractivity (Wildman–Crippen MR) is 527 cm³/mol. The number of anilines is 15. The zero-order valence-electron chi connectivity index (χ0n) is 73.7. The SMILES string of the molecule is COCCNc1nc(C)cc2cc(Nc3n[nH]c4cccnc34)ccc12.Cc1cc2cc(Nc3n[nH]c4cccnc34)ccc2c(C2CC2)n1.Cc1cc2cc(Nc3n[nH]c4cccnc34)ccc2c(N2CCCC2)n1.Cc1cc2cc(Nc3n[nH]c4cccnc34)ccc2c(N2CCCCC2)n1.c1cnc2c(Nc3ccc4c(N5CCCn6nccc65)nccc4c3)n[nH]c2c1. The Morgan fingerprint density at radius 2 is 0.712 bits per heavy atom. The van der Waals surface area contributed by atoms with Crippen LogP contribution in [0.2, 0.25) is 0 Å². The molecule has 3 aliphatic heterocycles. The van der Waals surface area contributed by atoms with Crippen molar-refractivity contribution in [3.05, 3.63) is 260 Å². The Kier molecular flexibility index (Phi) is 23.0. The lowest BCUT2D eigenvalue weighted by Crippen LogP contribution is -2.30.